The van der Waals surface area contributed by atoms with Crippen molar-refractivity contribution >= 4 is 27.4 Å². The summed E-state index contributed by atoms with van der Waals surface area (Å²) in [6.07, 6.45) is 1.55. The predicted molar refractivity (Wildman–Crippen MR) is 88.7 cm³/mol. The second-order valence-electron chi connectivity index (χ2n) is 5.86. The van der Waals surface area contributed by atoms with Gasteiger partial charge in [-0.2, -0.15) is 0 Å². The Kier molecular flexibility index (Phi) is 5.28. The Morgan fingerprint density at radius 3 is 2.77 bits per heavy atom. The van der Waals surface area contributed by atoms with Crippen molar-refractivity contribution in [1.29, 1.82) is 0 Å². The van der Waals surface area contributed by atoms with Gasteiger partial charge in [-0.05, 0) is 37.0 Å². The van der Waals surface area contributed by atoms with E-state index in [1.807, 2.05) is 0 Å². The molecule has 6 nitrogen and oxygen atoms in total. The van der Waals surface area contributed by atoms with E-state index in [-0.39, 0.29) is 11.8 Å². The van der Waals surface area contributed by atoms with Crippen LogP contribution in [-0.4, -0.2) is 33.3 Å². The molecule has 2 amide bonds. The van der Waals surface area contributed by atoms with Crippen molar-refractivity contribution in [2.75, 3.05) is 28.5 Å². The van der Waals surface area contributed by atoms with Crippen LogP contribution in [0.4, 0.5) is 16.2 Å². The summed E-state index contributed by atoms with van der Waals surface area (Å²) in [7, 11) is -3.20. The summed E-state index contributed by atoms with van der Waals surface area (Å²) in [6.45, 7) is 5.30. The average molecular weight is 325 g/mol. The molecule has 2 rings (SSSR count). The lowest BCUT2D eigenvalue weighted by Gasteiger charge is -2.18. The van der Waals surface area contributed by atoms with E-state index >= 15 is 0 Å². The zero-order valence-electron chi connectivity index (χ0n) is 13.0. The molecule has 1 saturated heterocycles. The van der Waals surface area contributed by atoms with Crippen LogP contribution in [0.15, 0.2) is 24.3 Å². The molecule has 1 aliphatic heterocycles. The van der Waals surface area contributed by atoms with Crippen LogP contribution < -0.4 is 14.9 Å². The summed E-state index contributed by atoms with van der Waals surface area (Å²) >= 11 is 0. The normalized spacial score (nSPS) is 16.8. The highest BCUT2D eigenvalue weighted by Gasteiger charge is 2.28. The molecule has 1 fully saturated rings. The number of amides is 2. The van der Waals surface area contributed by atoms with Crippen LogP contribution in [0.1, 0.15) is 26.7 Å². The van der Waals surface area contributed by atoms with Gasteiger partial charge in [0.1, 0.15) is 0 Å². The number of urea groups is 1. The Morgan fingerprint density at radius 1 is 1.36 bits per heavy atom. The minimum atomic E-state index is -3.20. The number of sulfonamides is 1. The zero-order chi connectivity index (χ0) is 16.2. The number of nitrogens with zero attached hydrogens (tertiary/aromatic N) is 1. The molecule has 1 aromatic carbocycles. The van der Waals surface area contributed by atoms with Crippen LogP contribution in [0.3, 0.4) is 0 Å². The average Bonchev–Trinajstić information content (AvgIpc) is 2.78. The summed E-state index contributed by atoms with van der Waals surface area (Å²) in [5.41, 5.74) is 1.18. The molecular weight excluding hydrogens is 302 g/mol. The number of anilines is 2. The lowest BCUT2D eigenvalue weighted by Crippen LogP contribution is -2.30. The molecule has 0 aromatic heterocycles. The molecule has 0 saturated carbocycles. The third kappa shape index (κ3) is 4.37. The van der Waals surface area contributed by atoms with Gasteiger partial charge in [-0.15, -0.1) is 0 Å². The Hall–Kier alpha value is -1.76. The van der Waals surface area contributed by atoms with E-state index in [0.717, 1.165) is 6.42 Å². The van der Waals surface area contributed by atoms with E-state index < -0.39 is 10.0 Å². The molecule has 0 atom stereocenters. The molecule has 22 heavy (non-hydrogen) atoms. The molecule has 1 aliphatic rings. The molecule has 0 spiro atoms. The molecular formula is C15H23N3O3S. The third-order valence-electron chi connectivity index (χ3n) is 3.50. The van der Waals surface area contributed by atoms with E-state index in [2.05, 4.69) is 24.5 Å². The van der Waals surface area contributed by atoms with E-state index in [1.165, 1.54) is 4.31 Å². The van der Waals surface area contributed by atoms with Crippen LogP contribution in [-0.2, 0) is 10.0 Å². The molecule has 0 aliphatic carbocycles. The molecule has 0 radical (unpaired) electrons. The fourth-order valence-corrected chi connectivity index (χ4v) is 3.87. The summed E-state index contributed by atoms with van der Waals surface area (Å²) in [5.74, 6) is 0.712. The van der Waals surface area contributed by atoms with Crippen molar-refractivity contribution in [3.63, 3.8) is 0 Å². The monoisotopic (exact) mass is 325 g/mol. The quantitative estimate of drug-likeness (QED) is 0.872. The standard InChI is InChI=1S/C15H23N3O3S/c1-12(2)7-8-16-15(19)17-13-5-3-6-14(11-13)18-9-4-10-22(18,20)21/h3,5-6,11-12H,4,7-10H2,1-2H3,(H2,16,17,19). The summed E-state index contributed by atoms with van der Waals surface area (Å²) in [6, 6.07) is 6.64. The van der Waals surface area contributed by atoms with Gasteiger partial charge >= 0.3 is 6.03 Å². The Labute approximate surface area is 131 Å². The number of hydrogen-bond acceptors (Lipinski definition) is 3. The Balaban J connectivity index is 1.98. The minimum absolute atomic E-state index is 0.181. The first-order valence-electron chi connectivity index (χ1n) is 7.54. The van der Waals surface area contributed by atoms with Gasteiger partial charge in [-0.3, -0.25) is 4.31 Å². The first kappa shape index (κ1) is 16.6. The van der Waals surface area contributed by atoms with Crippen LogP contribution in [0, 0.1) is 5.92 Å². The lowest BCUT2D eigenvalue weighted by atomic mass is 10.1. The lowest BCUT2D eigenvalue weighted by molar-refractivity contribution is 0.251. The van der Waals surface area contributed by atoms with Crippen molar-refractivity contribution in [1.82, 2.24) is 5.32 Å². The fraction of sp³-hybridized carbons (Fsp3) is 0.533. The van der Waals surface area contributed by atoms with Gasteiger partial charge in [0.05, 0.1) is 11.4 Å². The number of carbonyl (C=O) groups excluding carboxylic acids is 1. The molecule has 0 bridgehead atoms. The first-order valence-corrected chi connectivity index (χ1v) is 9.15. The van der Waals surface area contributed by atoms with E-state index in [0.29, 0.717) is 36.8 Å². The third-order valence-corrected chi connectivity index (χ3v) is 5.37. The minimum Gasteiger partial charge on any atom is -0.338 e. The summed E-state index contributed by atoms with van der Waals surface area (Å²) in [5, 5.41) is 5.52. The predicted octanol–water partition coefficient (Wildman–Crippen LogP) is 2.39. The van der Waals surface area contributed by atoms with Crippen LogP contribution in [0.5, 0.6) is 0 Å². The van der Waals surface area contributed by atoms with E-state index in [9.17, 15) is 13.2 Å². The van der Waals surface area contributed by atoms with Crippen molar-refractivity contribution in [2.24, 2.45) is 5.92 Å². The highest BCUT2D eigenvalue weighted by Crippen LogP contribution is 2.26. The van der Waals surface area contributed by atoms with E-state index in [4.69, 9.17) is 0 Å². The van der Waals surface area contributed by atoms with Crippen LogP contribution in [0.25, 0.3) is 0 Å². The Morgan fingerprint density at radius 2 is 2.14 bits per heavy atom. The SMILES string of the molecule is CC(C)CCNC(=O)Nc1cccc(N2CCCS2(=O)=O)c1. The molecule has 1 heterocycles. The van der Waals surface area contributed by atoms with Crippen molar-refractivity contribution in [3.8, 4) is 0 Å². The number of nitrogens with one attached hydrogen (secondary N) is 2. The number of carbonyl (C=O) groups is 1. The van der Waals surface area contributed by atoms with Gasteiger partial charge in [0, 0.05) is 18.8 Å². The molecule has 122 valence electrons. The first-order chi connectivity index (χ1) is 10.4. The van der Waals surface area contributed by atoms with Crippen LogP contribution >= 0.6 is 0 Å². The van der Waals surface area contributed by atoms with Gasteiger partial charge in [-0.25, -0.2) is 13.2 Å². The smallest absolute Gasteiger partial charge is 0.319 e. The van der Waals surface area contributed by atoms with Gasteiger partial charge in [0.2, 0.25) is 10.0 Å². The maximum Gasteiger partial charge on any atom is 0.319 e. The van der Waals surface area contributed by atoms with Gasteiger partial charge in [-0.1, -0.05) is 19.9 Å². The molecule has 0 unspecified atom stereocenters. The molecule has 7 heteroatoms. The largest absolute Gasteiger partial charge is 0.338 e. The van der Waals surface area contributed by atoms with Gasteiger partial charge < -0.3 is 10.6 Å². The maximum absolute atomic E-state index is 11.9. The highest BCUT2D eigenvalue weighted by molar-refractivity contribution is 7.93. The van der Waals surface area contributed by atoms with Crippen molar-refractivity contribution in [3.05, 3.63) is 24.3 Å². The maximum atomic E-state index is 11.9. The van der Waals surface area contributed by atoms with Crippen molar-refractivity contribution < 1.29 is 13.2 Å². The topological polar surface area (TPSA) is 78.5 Å². The molecule has 2 N–H and O–H groups in total. The fourth-order valence-electron chi connectivity index (χ4n) is 2.32. The number of hydrogen-bond donors (Lipinski definition) is 2. The number of benzene rings is 1. The van der Waals surface area contributed by atoms with E-state index in [1.54, 1.807) is 24.3 Å². The van der Waals surface area contributed by atoms with Crippen LogP contribution in [0.2, 0.25) is 0 Å². The zero-order valence-corrected chi connectivity index (χ0v) is 13.8. The summed E-state index contributed by atoms with van der Waals surface area (Å²) < 4.78 is 25.3. The van der Waals surface area contributed by atoms with Gasteiger partial charge in [0.15, 0.2) is 0 Å². The van der Waals surface area contributed by atoms with Crippen molar-refractivity contribution in [2.45, 2.75) is 26.7 Å². The second kappa shape index (κ2) is 7.00. The highest BCUT2D eigenvalue weighted by atomic mass is 32.2. The summed E-state index contributed by atoms with van der Waals surface area (Å²) in [4.78, 5) is 11.8. The van der Waals surface area contributed by atoms with Gasteiger partial charge in [0.25, 0.3) is 0 Å². The number of rotatable bonds is 5. The second-order valence-corrected chi connectivity index (χ2v) is 7.87. The molecule has 1 aromatic rings. The Bertz CT molecular complexity index is 629.